The van der Waals surface area contributed by atoms with E-state index >= 15 is 0 Å². The highest BCUT2D eigenvalue weighted by Gasteiger charge is 2.61. The molecule has 0 fully saturated rings. The van der Waals surface area contributed by atoms with Crippen molar-refractivity contribution >= 4 is 11.1 Å². The van der Waals surface area contributed by atoms with Gasteiger partial charge >= 0.3 is 0 Å². The predicted molar refractivity (Wildman–Crippen MR) is 159 cm³/mol. The van der Waals surface area contributed by atoms with Gasteiger partial charge in [-0.2, -0.15) is 21.0 Å². The second-order valence-corrected chi connectivity index (χ2v) is 11.3. The van der Waals surface area contributed by atoms with E-state index in [1.807, 2.05) is 36.4 Å². The monoisotopic (exact) mass is 526 g/mol. The number of hydrogen-bond donors (Lipinski definition) is 0. The van der Waals surface area contributed by atoms with Crippen molar-refractivity contribution in [2.45, 2.75) is 77.0 Å². The molecule has 2 aromatic carbocycles. The molecule has 4 heteroatoms. The van der Waals surface area contributed by atoms with Crippen molar-refractivity contribution in [2.75, 3.05) is 0 Å². The average molecular weight is 527 g/mol. The summed E-state index contributed by atoms with van der Waals surface area (Å²) < 4.78 is 0. The number of nitrogens with zero attached hydrogens (tertiary/aromatic N) is 4. The third-order valence-corrected chi connectivity index (χ3v) is 8.96. The lowest BCUT2D eigenvalue weighted by atomic mass is 9.53. The highest BCUT2D eigenvalue weighted by molar-refractivity contribution is 5.67. The standard InChI is InChI=1S/C36H38N4/c37-25-35(26-38,33-21-13-3-1-7-19-31(23-33)29-15-9-5-10-16-29)36(27-39,28-40)34-22-14-4-2-8-20-32(24-34)30-17-11-6-12-18-30/h5-6,9-12,15-18,23-24,33-34H,1-4,7-8,13-14,19-22H2/b31-23+,32-24+/t33-,34-/m0/s1. The second kappa shape index (κ2) is 13.8. The first kappa shape index (κ1) is 28.9. The van der Waals surface area contributed by atoms with Crippen LogP contribution in [0.2, 0.25) is 0 Å². The molecule has 2 aromatic rings. The Morgan fingerprint density at radius 3 is 1.18 bits per heavy atom. The van der Waals surface area contributed by atoms with E-state index in [-0.39, 0.29) is 0 Å². The fourth-order valence-corrected chi connectivity index (χ4v) is 6.67. The molecule has 202 valence electrons. The number of rotatable bonds is 5. The molecule has 0 amide bonds. The normalized spacial score (nSPS) is 23.6. The Hall–Kier alpha value is -4.12. The first-order valence-corrected chi connectivity index (χ1v) is 14.8. The van der Waals surface area contributed by atoms with Gasteiger partial charge in [-0.25, -0.2) is 0 Å². The largest absolute Gasteiger partial charge is 0.196 e. The molecule has 2 atom stereocenters. The SMILES string of the molecule is N#CC(C#N)([C@@H]1/C=C(/c2ccccc2)CCCCCC1)C(C#N)(C#N)[C@@H]1/C=C(/c2ccccc2)CCCCCC1. The highest BCUT2D eigenvalue weighted by Crippen LogP contribution is 2.54. The molecular formula is C36H38N4. The van der Waals surface area contributed by atoms with Crippen molar-refractivity contribution in [1.29, 1.82) is 21.0 Å². The predicted octanol–water partition coefficient (Wildman–Crippen LogP) is 9.16. The van der Waals surface area contributed by atoms with Crippen LogP contribution in [0.15, 0.2) is 72.8 Å². The van der Waals surface area contributed by atoms with Crippen LogP contribution in [0.3, 0.4) is 0 Å². The molecule has 0 heterocycles. The smallest absolute Gasteiger partial charge is 0.182 e. The quantitative estimate of drug-likeness (QED) is 0.388. The Morgan fingerprint density at radius 2 is 0.825 bits per heavy atom. The zero-order chi connectivity index (χ0) is 28.3. The lowest BCUT2D eigenvalue weighted by Gasteiger charge is -2.41. The molecule has 0 aliphatic heterocycles. The van der Waals surface area contributed by atoms with Gasteiger partial charge in [-0.15, -0.1) is 0 Å². The van der Waals surface area contributed by atoms with Crippen LogP contribution in [0.4, 0.5) is 0 Å². The zero-order valence-electron chi connectivity index (χ0n) is 23.4. The molecule has 0 radical (unpaired) electrons. The van der Waals surface area contributed by atoms with Crippen LogP contribution in [0, 0.1) is 68.0 Å². The van der Waals surface area contributed by atoms with Gasteiger partial charge in [-0.1, -0.05) is 111 Å². The van der Waals surface area contributed by atoms with E-state index in [1.165, 1.54) is 0 Å². The summed E-state index contributed by atoms with van der Waals surface area (Å²) >= 11 is 0. The van der Waals surface area contributed by atoms with E-state index in [0.717, 1.165) is 86.5 Å². The van der Waals surface area contributed by atoms with E-state index in [0.29, 0.717) is 12.8 Å². The summed E-state index contributed by atoms with van der Waals surface area (Å²) in [5.74, 6) is -1.06. The summed E-state index contributed by atoms with van der Waals surface area (Å²) in [4.78, 5) is 0. The Bertz CT molecular complexity index is 1220. The van der Waals surface area contributed by atoms with Crippen molar-refractivity contribution in [3.63, 3.8) is 0 Å². The van der Waals surface area contributed by atoms with Crippen LogP contribution in [-0.4, -0.2) is 0 Å². The Balaban J connectivity index is 1.91. The lowest BCUT2D eigenvalue weighted by molar-refractivity contribution is 0.157. The molecule has 0 N–H and O–H groups in total. The van der Waals surface area contributed by atoms with Gasteiger partial charge in [0.15, 0.2) is 10.8 Å². The number of allylic oxidation sites excluding steroid dienone is 4. The van der Waals surface area contributed by atoms with Crippen LogP contribution in [0.1, 0.15) is 88.2 Å². The summed E-state index contributed by atoms with van der Waals surface area (Å²) in [5.41, 5.74) is 0.736. The number of nitriles is 4. The van der Waals surface area contributed by atoms with Gasteiger partial charge in [0.25, 0.3) is 0 Å². The summed E-state index contributed by atoms with van der Waals surface area (Å²) in [6.07, 6.45) is 15.0. The van der Waals surface area contributed by atoms with Gasteiger partial charge in [0.2, 0.25) is 0 Å². The first-order chi connectivity index (χ1) is 19.6. The van der Waals surface area contributed by atoms with Crippen LogP contribution in [0.5, 0.6) is 0 Å². The minimum absolute atomic E-state index is 0.531. The van der Waals surface area contributed by atoms with Gasteiger partial charge in [0.05, 0.1) is 24.3 Å². The zero-order valence-corrected chi connectivity index (χ0v) is 23.4. The lowest BCUT2D eigenvalue weighted by Crippen LogP contribution is -2.48. The maximum atomic E-state index is 10.9. The molecule has 0 aromatic heterocycles. The minimum atomic E-state index is -1.81. The van der Waals surface area contributed by atoms with Gasteiger partial charge < -0.3 is 0 Å². The first-order valence-electron chi connectivity index (χ1n) is 14.8. The average Bonchev–Trinajstić information content (AvgIpc) is 3.22. The molecule has 2 aliphatic carbocycles. The number of hydrogen-bond acceptors (Lipinski definition) is 4. The molecule has 4 rings (SSSR count). The topological polar surface area (TPSA) is 95.2 Å². The van der Waals surface area contributed by atoms with Crippen molar-refractivity contribution in [2.24, 2.45) is 22.7 Å². The van der Waals surface area contributed by atoms with Crippen molar-refractivity contribution in [3.8, 4) is 24.3 Å². The van der Waals surface area contributed by atoms with Crippen molar-refractivity contribution < 1.29 is 0 Å². The van der Waals surface area contributed by atoms with E-state index in [9.17, 15) is 21.0 Å². The molecule has 0 spiro atoms. The molecular weight excluding hydrogens is 488 g/mol. The van der Waals surface area contributed by atoms with Crippen LogP contribution >= 0.6 is 0 Å². The maximum absolute atomic E-state index is 10.9. The van der Waals surface area contributed by atoms with E-state index < -0.39 is 22.7 Å². The van der Waals surface area contributed by atoms with Gasteiger partial charge in [0.1, 0.15) is 0 Å². The summed E-state index contributed by atoms with van der Waals surface area (Å²) in [7, 11) is 0. The Morgan fingerprint density at radius 1 is 0.475 bits per heavy atom. The fraction of sp³-hybridized carbons (Fsp3) is 0.444. The Kier molecular flexibility index (Phi) is 9.96. The van der Waals surface area contributed by atoms with E-state index in [4.69, 9.17) is 0 Å². The maximum Gasteiger partial charge on any atom is 0.182 e. The van der Waals surface area contributed by atoms with Crippen molar-refractivity contribution in [3.05, 3.63) is 83.9 Å². The van der Waals surface area contributed by atoms with E-state index in [1.54, 1.807) is 0 Å². The molecule has 0 unspecified atom stereocenters. The van der Waals surface area contributed by atoms with Gasteiger partial charge in [-0.05, 0) is 60.8 Å². The third kappa shape index (κ3) is 5.89. The molecule has 4 nitrogen and oxygen atoms in total. The van der Waals surface area contributed by atoms with Gasteiger partial charge in [-0.3, -0.25) is 0 Å². The summed E-state index contributed by atoms with van der Waals surface area (Å²) in [5, 5.41) is 43.5. The molecule has 0 saturated heterocycles. The van der Waals surface area contributed by atoms with Crippen LogP contribution in [0.25, 0.3) is 11.1 Å². The van der Waals surface area contributed by atoms with Gasteiger partial charge in [0, 0.05) is 11.8 Å². The van der Waals surface area contributed by atoms with Crippen molar-refractivity contribution in [1.82, 2.24) is 0 Å². The Labute approximate surface area is 239 Å². The highest BCUT2D eigenvalue weighted by atomic mass is 14.6. The van der Waals surface area contributed by atoms with Crippen LogP contribution < -0.4 is 0 Å². The second-order valence-electron chi connectivity index (χ2n) is 11.3. The summed E-state index contributed by atoms with van der Waals surface area (Å²) in [6, 6.07) is 29.6. The molecule has 40 heavy (non-hydrogen) atoms. The molecule has 0 bridgehead atoms. The molecule has 2 aliphatic rings. The third-order valence-electron chi connectivity index (χ3n) is 8.96. The fourth-order valence-electron chi connectivity index (χ4n) is 6.67. The van der Waals surface area contributed by atoms with E-state index in [2.05, 4.69) is 60.7 Å². The van der Waals surface area contributed by atoms with Crippen LogP contribution in [-0.2, 0) is 0 Å². The molecule has 0 saturated carbocycles. The summed E-state index contributed by atoms with van der Waals surface area (Å²) in [6.45, 7) is 0. The number of benzene rings is 2. The minimum Gasteiger partial charge on any atom is -0.196 e.